The van der Waals surface area contributed by atoms with E-state index in [9.17, 15) is 0 Å². The molecule has 3 nitrogen and oxygen atoms in total. The normalized spacial score (nSPS) is 11.1. The van der Waals surface area contributed by atoms with Crippen molar-refractivity contribution in [2.75, 3.05) is 18.5 Å². The summed E-state index contributed by atoms with van der Waals surface area (Å²) in [6.07, 6.45) is 2.11. The Hall–Kier alpha value is -1.77. The number of nitrogens with one attached hydrogen (secondary N) is 1. The zero-order valence-electron chi connectivity index (χ0n) is 13.6. The van der Waals surface area contributed by atoms with Crippen molar-refractivity contribution in [3.05, 3.63) is 30.0 Å². The zero-order valence-corrected chi connectivity index (χ0v) is 13.6. The van der Waals surface area contributed by atoms with Crippen LogP contribution < -0.4 is 10.1 Å². The van der Waals surface area contributed by atoms with Crippen LogP contribution in [-0.4, -0.2) is 18.1 Å². The molecule has 3 heteroatoms. The van der Waals surface area contributed by atoms with Gasteiger partial charge in [-0.2, -0.15) is 0 Å². The second-order valence-electron chi connectivity index (χ2n) is 5.68. The average Bonchev–Trinajstić information content (AvgIpc) is 2.50. The van der Waals surface area contributed by atoms with E-state index >= 15 is 0 Å². The van der Waals surface area contributed by atoms with E-state index in [1.165, 1.54) is 0 Å². The van der Waals surface area contributed by atoms with Gasteiger partial charge in [-0.3, -0.25) is 0 Å². The van der Waals surface area contributed by atoms with Gasteiger partial charge in [0.25, 0.3) is 0 Å². The van der Waals surface area contributed by atoms with Gasteiger partial charge in [-0.05, 0) is 30.9 Å². The molecule has 1 heterocycles. The van der Waals surface area contributed by atoms with Crippen LogP contribution >= 0.6 is 0 Å². The molecule has 0 bridgehead atoms. The van der Waals surface area contributed by atoms with E-state index < -0.39 is 0 Å². The summed E-state index contributed by atoms with van der Waals surface area (Å²) >= 11 is 0. The Balaban J connectivity index is 2.54. The first-order valence-electron chi connectivity index (χ1n) is 7.97. The molecular weight excluding hydrogens is 260 g/mol. The van der Waals surface area contributed by atoms with Crippen LogP contribution in [0.1, 0.15) is 52.1 Å². The Bertz CT molecular complexity index is 593. The van der Waals surface area contributed by atoms with Crippen molar-refractivity contribution in [1.29, 1.82) is 0 Å². The molecule has 21 heavy (non-hydrogen) atoms. The molecule has 0 unspecified atom stereocenters. The number of ether oxygens (including phenoxy) is 1. The number of pyridine rings is 1. The summed E-state index contributed by atoms with van der Waals surface area (Å²) in [5, 5.41) is 4.66. The smallest absolute Gasteiger partial charge is 0.145 e. The first kappa shape index (κ1) is 15.6. The van der Waals surface area contributed by atoms with Gasteiger partial charge in [0.1, 0.15) is 11.3 Å². The van der Waals surface area contributed by atoms with Crippen LogP contribution in [0.5, 0.6) is 5.75 Å². The first-order chi connectivity index (χ1) is 10.2. The SMILES string of the molecule is CCCNc1cc(C(C)C)nc2c(OCCC)cccc12. The molecule has 1 aromatic heterocycles. The lowest BCUT2D eigenvalue weighted by Gasteiger charge is -2.15. The molecule has 0 aliphatic heterocycles. The molecule has 114 valence electrons. The maximum absolute atomic E-state index is 5.87. The molecular formula is C18H26N2O. The largest absolute Gasteiger partial charge is 0.491 e. The Labute approximate surface area is 127 Å². The Morgan fingerprint density at radius 3 is 2.67 bits per heavy atom. The highest BCUT2D eigenvalue weighted by Gasteiger charge is 2.12. The number of nitrogens with zero attached hydrogens (tertiary/aromatic N) is 1. The van der Waals surface area contributed by atoms with Gasteiger partial charge in [0.2, 0.25) is 0 Å². The van der Waals surface area contributed by atoms with Gasteiger partial charge >= 0.3 is 0 Å². The molecule has 2 rings (SSSR count). The van der Waals surface area contributed by atoms with Crippen molar-refractivity contribution in [3.8, 4) is 5.75 Å². The van der Waals surface area contributed by atoms with Crippen molar-refractivity contribution in [3.63, 3.8) is 0 Å². The summed E-state index contributed by atoms with van der Waals surface area (Å²) in [7, 11) is 0. The number of para-hydroxylation sites is 1. The van der Waals surface area contributed by atoms with Gasteiger partial charge in [-0.1, -0.05) is 39.8 Å². The Morgan fingerprint density at radius 1 is 1.19 bits per heavy atom. The lowest BCUT2D eigenvalue weighted by molar-refractivity contribution is 0.320. The van der Waals surface area contributed by atoms with Crippen LogP contribution in [0.3, 0.4) is 0 Å². The highest BCUT2D eigenvalue weighted by atomic mass is 16.5. The third-order valence-electron chi connectivity index (χ3n) is 3.44. The predicted octanol–water partition coefficient (Wildman–Crippen LogP) is 4.97. The molecule has 0 aliphatic carbocycles. The lowest BCUT2D eigenvalue weighted by atomic mass is 10.1. The van der Waals surface area contributed by atoms with Gasteiger partial charge in [-0.15, -0.1) is 0 Å². The van der Waals surface area contributed by atoms with Crippen molar-refractivity contribution in [2.45, 2.75) is 46.5 Å². The van der Waals surface area contributed by atoms with Gasteiger partial charge < -0.3 is 10.1 Å². The highest BCUT2D eigenvalue weighted by molar-refractivity contribution is 5.95. The topological polar surface area (TPSA) is 34.2 Å². The molecule has 0 aliphatic rings. The van der Waals surface area contributed by atoms with Crippen LogP contribution in [0.25, 0.3) is 10.9 Å². The number of hydrogen-bond acceptors (Lipinski definition) is 3. The van der Waals surface area contributed by atoms with Crippen LogP contribution in [0.4, 0.5) is 5.69 Å². The van der Waals surface area contributed by atoms with E-state index in [0.29, 0.717) is 5.92 Å². The quantitative estimate of drug-likeness (QED) is 0.780. The number of anilines is 1. The van der Waals surface area contributed by atoms with E-state index in [-0.39, 0.29) is 0 Å². The van der Waals surface area contributed by atoms with E-state index in [4.69, 9.17) is 9.72 Å². The van der Waals surface area contributed by atoms with Gasteiger partial charge in [-0.25, -0.2) is 4.98 Å². The molecule has 0 fully saturated rings. The van der Waals surface area contributed by atoms with E-state index in [0.717, 1.165) is 54.0 Å². The van der Waals surface area contributed by atoms with Gasteiger partial charge in [0, 0.05) is 23.3 Å². The fraction of sp³-hybridized carbons (Fsp3) is 0.500. The number of aromatic nitrogens is 1. The highest BCUT2D eigenvalue weighted by Crippen LogP contribution is 2.32. The monoisotopic (exact) mass is 286 g/mol. The lowest BCUT2D eigenvalue weighted by Crippen LogP contribution is -2.05. The number of benzene rings is 1. The second kappa shape index (κ2) is 7.30. The number of rotatable bonds is 7. The summed E-state index contributed by atoms with van der Waals surface area (Å²) in [5.41, 5.74) is 3.23. The fourth-order valence-corrected chi connectivity index (χ4v) is 2.27. The van der Waals surface area contributed by atoms with Crippen LogP contribution in [0, 0.1) is 0 Å². The summed E-state index contributed by atoms with van der Waals surface area (Å²) in [4.78, 5) is 4.83. The predicted molar refractivity (Wildman–Crippen MR) is 90.4 cm³/mol. The van der Waals surface area contributed by atoms with Crippen LogP contribution in [-0.2, 0) is 0 Å². The summed E-state index contributed by atoms with van der Waals surface area (Å²) in [5.74, 6) is 1.28. The fourth-order valence-electron chi connectivity index (χ4n) is 2.27. The molecule has 0 atom stereocenters. The first-order valence-corrected chi connectivity index (χ1v) is 7.97. The molecule has 0 saturated heterocycles. The van der Waals surface area contributed by atoms with Crippen LogP contribution in [0.2, 0.25) is 0 Å². The third-order valence-corrected chi connectivity index (χ3v) is 3.44. The Morgan fingerprint density at radius 2 is 2.00 bits per heavy atom. The molecule has 0 spiro atoms. The van der Waals surface area contributed by atoms with Crippen molar-refractivity contribution >= 4 is 16.6 Å². The molecule has 0 radical (unpaired) electrons. The summed E-state index contributed by atoms with van der Waals surface area (Å²) in [6.45, 7) is 10.3. The van der Waals surface area contributed by atoms with Gasteiger partial charge in [0.15, 0.2) is 0 Å². The van der Waals surface area contributed by atoms with Crippen molar-refractivity contribution in [2.24, 2.45) is 0 Å². The third kappa shape index (κ3) is 3.66. The number of hydrogen-bond donors (Lipinski definition) is 1. The summed E-state index contributed by atoms with van der Waals surface area (Å²) in [6, 6.07) is 8.34. The standard InChI is InChI=1S/C18H26N2O/c1-5-10-19-16-12-15(13(3)4)20-18-14(16)8-7-9-17(18)21-11-6-2/h7-9,12-13H,5-6,10-11H2,1-4H3,(H,19,20). The molecule has 1 aromatic carbocycles. The second-order valence-corrected chi connectivity index (χ2v) is 5.68. The van der Waals surface area contributed by atoms with Crippen molar-refractivity contribution < 1.29 is 4.74 Å². The molecule has 1 N–H and O–H groups in total. The zero-order chi connectivity index (χ0) is 15.2. The maximum atomic E-state index is 5.87. The average molecular weight is 286 g/mol. The van der Waals surface area contributed by atoms with E-state index in [2.05, 4.69) is 45.1 Å². The Kier molecular flexibility index (Phi) is 5.43. The molecule has 2 aromatic rings. The minimum absolute atomic E-state index is 0.399. The number of fused-ring (bicyclic) bond motifs is 1. The minimum Gasteiger partial charge on any atom is -0.491 e. The summed E-state index contributed by atoms with van der Waals surface area (Å²) < 4.78 is 5.87. The van der Waals surface area contributed by atoms with Gasteiger partial charge in [0.05, 0.1) is 6.61 Å². The van der Waals surface area contributed by atoms with E-state index in [1.54, 1.807) is 0 Å². The van der Waals surface area contributed by atoms with E-state index in [1.807, 2.05) is 12.1 Å². The minimum atomic E-state index is 0.399. The molecule has 0 amide bonds. The molecule has 0 saturated carbocycles. The van der Waals surface area contributed by atoms with Crippen molar-refractivity contribution in [1.82, 2.24) is 4.98 Å². The maximum Gasteiger partial charge on any atom is 0.145 e. The van der Waals surface area contributed by atoms with Crippen LogP contribution in [0.15, 0.2) is 24.3 Å².